The molecule has 2 aromatic heterocycles. The number of nitrogens with two attached hydrogens (primary N) is 1. The van der Waals surface area contributed by atoms with Crippen LogP contribution in [-0.4, -0.2) is 55.7 Å². The van der Waals surface area contributed by atoms with Crippen LogP contribution in [0, 0.1) is 0 Å². The van der Waals surface area contributed by atoms with Crippen molar-refractivity contribution in [1.82, 2.24) is 19.5 Å². The molecule has 1 unspecified atom stereocenters. The van der Waals surface area contributed by atoms with E-state index in [0.29, 0.717) is 52.4 Å². The van der Waals surface area contributed by atoms with Gasteiger partial charge in [-0.15, -0.1) is 0 Å². The fourth-order valence-corrected chi connectivity index (χ4v) is 8.45. The molecule has 4 aromatic rings. The van der Waals surface area contributed by atoms with Crippen molar-refractivity contribution >= 4 is 57.8 Å². The molecule has 0 bridgehead atoms. The van der Waals surface area contributed by atoms with E-state index >= 15 is 0 Å². The number of para-hydroxylation sites is 1. The van der Waals surface area contributed by atoms with Gasteiger partial charge in [0.1, 0.15) is 23.7 Å². The maximum atomic E-state index is 14.2. The molecular weight excluding hydrogens is 593 g/mol. The van der Waals surface area contributed by atoms with E-state index in [1.807, 2.05) is 54.0 Å². The Morgan fingerprint density at radius 3 is 2.70 bits per heavy atom. The van der Waals surface area contributed by atoms with Crippen LogP contribution in [0.15, 0.2) is 67.3 Å². The van der Waals surface area contributed by atoms with Crippen molar-refractivity contribution in [2.45, 2.75) is 38.4 Å². The van der Waals surface area contributed by atoms with Gasteiger partial charge >= 0.3 is 7.60 Å². The Labute approximate surface area is 245 Å². The van der Waals surface area contributed by atoms with Crippen molar-refractivity contribution in [3.05, 3.63) is 77.8 Å². The lowest BCUT2D eigenvalue weighted by Gasteiger charge is -2.33. The zero-order valence-electron chi connectivity index (χ0n) is 21.7. The number of hydrogen-bond acceptors (Lipinski definition) is 11. The van der Waals surface area contributed by atoms with Gasteiger partial charge in [-0.25, -0.2) is 19.5 Å². The Morgan fingerprint density at radius 1 is 1.10 bits per heavy atom. The summed E-state index contributed by atoms with van der Waals surface area (Å²) in [4.78, 5) is 12.5. The zero-order valence-corrected chi connectivity index (χ0v) is 25.0. The second-order valence-electron chi connectivity index (χ2n) is 9.14. The molecule has 0 aliphatic carbocycles. The fourth-order valence-electron chi connectivity index (χ4n) is 4.04. The lowest BCUT2D eigenvalue weighted by molar-refractivity contribution is -0.0192. The first-order chi connectivity index (χ1) is 19.4. The summed E-state index contributed by atoms with van der Waals surface area (Å²) in [5.41, 5.74) is 7.97. The topological polar surface area (TPSA) is 124 Å². The van der Waals surface area contributed by atoms with Crippen LogP contribution in [0.2, 0.25) is 5.02 Å². The minimum absolute atomic E-state index is 0.248. The Morgan fingerprint density at radius 2 is 1.90 bits per heavy atom. The molecule has 0 amide bonds. The molecule has 10 nitrogen and oxygen atoms in total. The molecule has 1 saturated heterocycles. The smallest absolute Gasteiger partial charge is 0.405 e. The van der Waals surface area contributed by atoms with Crippen molar-refractivity contribution in [3.8, 4) is 5.75 Å². The SMILES string of the molecule is C[C@H](Cn1cnc2c(N)ncnc21)OCP(=O)(Oc1ccccc1)O[C@H]1CSSC[C@@H]1OCc1cccc(Cl)c1. The lowest BCUT2D eigenvalue weighted by atomic mass is 10.2. The third kappa shape index (κ3) is 7.70. The summed E-state index contributed by atoms with van der Waals surface area (Å²) >= 11 is 6.13. The van der Waals surface area contributed by atoms with Crippen molar-refractivity contribution in [3.63, 3.8) is 0 Å². The highest BCUT2D eigenvalue weighted by Gasteiger charge is 2.38. The monoisotopic (exact) mass is 621 g/mol. The largest absolute Gasteiger partial charge is 0.423 e. The van der Waals surface area contributed by atoms with Crippen LogP contribution in [-0.2, 0) is 31.7 Å². The van der Waals surface area contributed by atoms with Crippen molar-refractivity contribution in [2.75, 3.05) is 23.6 Å². The van der Waals surface area contributed by atoms with Gasteiger partial charge in [0, 0.05) is 16.5 Å². The van der Waals surface area contributed by atoms with Crippen LogP contribution in [0.4, 0.5) is 5.82 Å². The van der Waals surface area contributed by atoms with Gasteiger partial charge in [-0.1, -0.05) is 63.5 Å². The average Bonchev–Trinajstić information content (AvgIpc) is 3.36. The van der Waals surface area contributed by atoms with E-state index < -0.39 is 13.7 Å². The van der Waals surface area contributed by atoms with Crippen LogP contribution >= 0.6 is 40.8 Å². The summed E-state index contributed by atoms with van der Waals surface area (Å²) in [6, 6.07) is 16.5. The molecule has 0 radical (unpaired) electrons. The number of fused-ring (bicyclic) bond motifs is 1. The number of hydrogen-bond donors (Lipinski definition) is 1. The number of ether oxygens (including phenoxy) is 2. The van der Waals surface area contributed by atoms with Gasteiger partial charge in [0.25, 0.3) is 0 Å². The third-order valence-corrected chi connectivity index (χ3v) is 10.2. The highest BCUT2D eigenvalue weighted by atomic mass is 35.5. The summed E-state index contributed by atoms with van der Waals surface area (Å²) in [5, 5.41) is 0.647. The predicted octanol–water partition coefficient (Wildman–Crippen LogP) is 6.06. The highest BCUT2D eigenvalue weighted by Crippen LogP contribution is 2.52. The fraction of sp³-hybridized carbons (Fsp3) is 0.346. The molecule has 4 atom stereocenters. The van der Waals surface area contributed by atoms with E-state index in [-0.39, 0.29) is 18.6 Å². The molecule has 2 aromatic carbocycles. The van der Waals surface area contributed by atoms with Gasteiger partial charge in [-0.05, 0) is 36.8 Å². The number of rotatable bonds is 12. The molecule has 0 spiro atoms. The normalized spacial score (nSPS) is 19.8. The van der Waals surface area contributed by atoms with E-state index in [1.54, 1.807) is 40.0 Å². The van der Waals surface area contributed by atoms with Crippen LogP contribution in [0.5, 0.6) is 5.75 Å². The van der Waals surface area contributed by atoms with Gasteiger partial charge in [0.15, 0.2) is 17.8 Å². The Balaban J connectivity index is 1.27. The van der Waals surface area contributed by atoms with E-state index in [4.69, 9.17) is 35.9 Å². The molecule has 212 valence electrons. The second kappa shape index (κ2) is 13.6. The number of nitrogens with zero attached hydrogens (tertiary/aromatic N) is 4. The molecule has 1 aliphatic heterocycles. The minimum Gasteiger partial charge on any atom is -0.423 e. The molecule has 1 aliphatic rings. The molecule has 2 N–H and O–H groups in total. The van der Waals surface area contributed by atoms with Crippen molar-refractivity contribution in [2.24, 2.45) is 0 Å². The van der Waals surface area contributed by atoms with Crippen molar-refractivity contribution in [1.29, 1.82) is 0 Å². The first kappa shape index (κ1) is 29.2. The molecular formula is C26H29ClN5O5PS2. The average molecular weight is 622 g/mol. The van der Waals surface area contributed by atoms with Crippen molar-refractivity contribution < 1.29 is 23.1 Å². The number of benzene rings is 2. The van der Waals surface area contributed by atoms with E-state index in [2.05, 4.69) is 15.0 Å². The van der Waals surface area contributed by atoms with E-state index in [9.17, 15) is 4.57 Å². The first-order valence-electron chi connectivity index (χ1n) is 12.5. The number of halogens is 1. The summed E-state index contributed by atoms with van der Waals surface area (Å²) in [6.45, 7) is 2.63. The standard InChI is InChI=1S/C26H29ClN5O5PS2/c1-18(11-32-16-31-24-25(28)29-15-30-26(24)32)35-17-38(33,36-21-8-3-2-4-9-21)37-23-14-40-39-13-22(23)34-12-19-6-5-7-20(27)10-19/h2-10,15-16,18,22-23H,11-14,17H2,1H3,(H2,28,29,30)/t18-,22+,23+,38?/m1/s1. The van der Waals surface area contributed by atoms with Crippen LogP contribution in [0.1, 0.15) is 12.5 Å². The Kier molecular flexibility index (Phi) is 9.90. The third-order valence-electron chi connectivity index (χ3n) is 6.00. The number of nitrogen functional groups attached to an aromatic ring is 1. The van der Waals surface area contributed by atoms with Gasteiger partial charge < -0.3 is 24.3 Å². The Bertz CT molecular complexity index is 1470. The van der Waals surface area contributed by atoms with Crippen LogP contribution in [0.3, 0.4) is 0 Å². The number of imidazole rings is 1. The maximum Gasteiger partial charge on any atom is 0.405 e. The van der Waals surface area contributed by atoms with Gasteiger partial charge in [0.05, 0.1) is 31.7 Å². The molecule has 14 heteroatoms. The van der Waals surface area contributed by atoms with Gasteiger partial charge in [-0.3, -0.25) is 4.52 Å². The van der Waals surface area contributed by atoms with Gasteiger partial charge in [0.2, 0.25) is 0 Å². The minimum atomic E-state index is -3.77. The highest BCUT2D eigenvalue weighted by molar-refractivity contribution is 8.76. The molecule has 0 saturated carbocycles. The summed E-state index contributed by atoms with van der Waals surface area (Å²) in [5.74, 6) is 2.01. The second-order valence-corrected chi connectivity index (χ2v) is 14.0. The molecule has 3 heterocycles. The predicted molar refractivity (Wildman–Crippen MR) is 160 cm³/mol. The molecule has 5 rings (SSSR count). The van der Waals surface area contributed by atoms with Crippen LogP contribution in [0.25, 0.3) is 11.2 Å². The van der Waals surface area contributed by atoms with E-state index in [0.717, 1.165) is 5.56 Å². The number of aromatic nitrogens is 4. The first-order valence-corrected chi connectivity index (χ1v) is 17.1. The summed E-state index contributed by atoms with van der Waals surface area (Å²) in [7, 11) is -0.426. The number of anilines is 1. The summed E-state index contributed by atoms with van der Waals surface area (Å²) in [6.07, 6.45) is 1.65. The van der Waals surface area contributed by atoms with Crippen LogP contribution < -0.4 is 10.3 Å². The molecule has 1 fully saturated rings. The zero-order chi connectivity index (χ0) is 28.0. The molecule has 40 heavy (non-hydrogen) atoms. The van der Waals surface area contributed by atoms with E-state index in [1.165, 1.54) is 6.33 Å². The Hall–Kier alpha value is -2.31. The quantitative estimate of drug-likeness (QED) is 0.147. The van der Waals surface area contributed by atoms with Gasteiger partial charge in [-0.2, -0.15) is 0 Å². The maximum absolute atomic E-state index is 14.2. The summed E-state index contributed by atoms with van der Waals surface area (Å²) < 4.78 is 40.5. The lowest BCUT2D eigenvalue weighted by Crippen LogP contribution is -2.38.